The van der Waals surface area contributed by atoms with Gasteiger partial charge >= 0.3 is 0 Å². The third-order valence-corrected chi connectivity index (χ3v) is 6.26. The van der Waals surface area contributed by atoms with Crippen molar-refractivity contribution in [1.82, 2.24) is 0 Å². The minimum Gasteiger partial charge on any atom is -0.489 e. The largest absolute Gasteiger partial charge is 0.489 e. The number of nitrogens with zero attached hydrogens (tertiary/aromatic N) is 1. The van der Waals surface area contributed by atoms with Crippen LogP contribution in [0.3, 0.4) is 0 Å². The molecule has 3 aromatic carbocycles. The number of rotatable bonds is 5. The Labute approximate surface area is 194 Å². The van der Waals surface area contributed by atoms with Crippen LogP contribution in [0.25, 0.3) is 6.08 Å². The molecule has 0 bridgehead atoms. The molecule has 0 aliphatic carbocycles. The lowest BCUT2D eigenvalue weighted by molar-refractivity contribution is -0.113. The van der Waals surface area contributed by atoms with E-state index in [0.717, 1.165) is 16.8 Å². The number of anilines is 1. The van der Waals surface area contributed by atoms with Crippen molar-refractivity contribution in [3.63, 3.8) is 0 Å². The van der Waals surface area contributed by atoms with Crippen molar-refractivity contribution in [3.8, 4) is 5.75 Å². The molecule has 30 heavy (non-hydrogen) atoms. The fourth-order valence-electron chi connectivity index (χ4n) is 2.91. The van der Waals surface area contributed by atoms with Crippen LogP contribution < -0.4 is 9.64 Å². The van der Waals surface area contributed by atoms with E-state index in [0.29, 0.717) is 31.6 Å². The summed E-state index contributed by atoms with van der Waals surface area (Å²) in [6.45, 7) is 0.315. The Balaban J connectivity index is 1.50. The summed E-state index contributed by atoms with van der Waals surface area (Å²) in [5.74, 6) is 0.545. The molecule has 3 nitrogen and oxygen atoms in total. The SMILES string of the molecule is O=C1/C(=C/c2cccc(OCc3ccc(Cl)cc3Cl)c2)SC(=S)N1c1ccccc1. The molecule has 150 valence electrons. The van der Waals surface area contributed by atoms with Crippen LogP contribution in [0.15, 0.2) is 77.7 Å². The van der Waals surface area contributed by atoms with Gasteiger partial charge in [0.25, 0.3) is 5.91 Å². The average molecular weight is 472 g/mol. The number of halogens is 2. The Morgan fingerprint density at radius 1 is 1.00 bits per heavy atom. The first-order chi connectivity index (χ1) is 14.5. The molecule has 7 heteroatoms. The topological polar surface area (TPSA) is 29.5 Å². The Morgan fingerprint density at radius 3 is 2.57 bits per heavy atom. The van der Waals surface area contributed by atoms with Gasteiger partial charge in [-0.2, -0.15) is 0 Å². The molecule has 0 saturated carbocycles. The van der Waals surface area contributed by atoms with Gasteiger partial charge in [0, 0.05) is 15.6 Å². The number of ether oxygens (including phenoxy) is 1. The van der Waals surface area contributed by atoms with Gasteiger partial charge in [-0.15, -0.1) is 0 Å². The fraction of sp³-hybridized carbons (Fsp3) is 0.0435. The van der Waals surface area contributed by atoms with Crippen molar-refractivity contribution in [2.24, 2.45) is 0 Å². The van der Waals surface area contributed by atoms with Gasteiger partial charge in [-0.25, -0.2) is 0 Å². The van der Waals surface area contributed by atoms with Crippen molar-refractivity contribution in [2.75, 3.05) is 4.90 Å². The van der Waals surface area contributed by atoms with Gasteiger partial charge < -0.3 is 4.74 Å². The van der Waals surface area contributed by atoms with E-state index in [2.05, 4.69) is 0 Å². The number of thioether (sulfide) groups is 1. The van der Waals surface area contributed by atoms with Crippen molar-refractivity contribution in [1.29, 1.82) is 0 Å². The number of amides is 1. The normalized spacial score (nSPS) is 15.1. The van der Waals surface area contributed by atoms with Crippen LogP contribution in [-0.4, -0.2) is 10.2 Å². The summed E-state index contributed by atoms with van der Waals surface area (Å²) in [7, 11) is 0. The lowest BCUT2D eigenvalue weighted by Crippen LogP contribution is -2.27. The van der Waals surface area contributed by atoms with Crippen LogP contribution in [-0.2, 0) is 11.4 Å². The third kappa shape index (κ3) is 4.71. The first-order valence-corrected chi connectivity index (χ1v) is 11.0. The summed E-state index contributed by atoms with van der Waals surface area (Å²) < 4.78 is 6.39. The molecular weight excluding hydrogens is 457 g/mol. The molecule has 1 amide bonds. The maximum absolute atomic E-state index is 12.9. The molecule has 1 heterocycles. The van der Waals surface area contributed by atoms with E-state index < -0.39 is 0 Å². The lowest BCUT2D eigenvalue weighted by atomic mass is 10.2. The smallest absolute Gasteiger partial charge is 0.270 e. The van der Waals surface area contributed by atoms with Gasteiger partial charge in [-0.05, 0) is 48.0 Å². The van der Waals surface area contributed by atoms with Crippen LogP contribution in [0.5, 0.6) is 5.75 Å². The highest BCUT2D eigenvalue weighted by atomic mass is 35.5. The average Bonchev–Trinajstić information content (AvgIpc) is 3.01. The molecule has 1 aliphatic rings. The summed E-state index contributed by atoms with van der Waals surface area (Å²) in [6, 6.07) is 22.2. The van der Waals surface area contributed by atoms with Gasteiger partial charge in [0.1, 0.15) is 12.4 Å². The van der Waals surface area contributed by atoms with Crippen molar-refractivity contribution in [3.05, 3.63) is 98.9 Å². The highest BCUT2D eigenvalue weighted by Gasteiger charge is 2.33. The predicted octanol–water partition coefficient (Wildman–Crippen LogP) is 6.98. The summed E-state index contributed by atoms with van der Waals surface area (Å²) in [5, 5.41) is 1.14. The molecule has 0 radical (unpaired) electrons. The molecule has 0 aromatic heterocycles. The Bertz CT molecular complexity index is 1150. The minimum absolute atomic E-state index is 0.129. The molecule has 1 aliphatic heterocycles. The maximum atomic E-state index is 12.9. The number of thiocarbonyl (C=S) groups is 1. The summed E-state index contributed by atoms with van der Waals surface area (Å²) in [4.78, 5) is 15.0. The first-order valence-electron chi connectivity index (χ1n) is 9.01. The Hall–Kier alpha value is -2.31. The van der Waals surface area contributed by atoms with Gasteiger partial charge in [-0.3, -0.25) is 9.69 Å². The molecular formula is C23H15Cl2NO2S2. The second-order valence-corrected chi connectivity index (χ2v) is 8.97. The van der Waals surface area contributed by atoms with Crippen LogP contribution in [0.4, 0.5) is 5.69 Å². The zero-order valence-corrected chi connectivity index (χ0v) is 18.7. The Kier molecular flexibility index (Phi) is 6.44. The summed E-state index contributed by atoms with van der Waals surface area (Å²) in [5.41, 5.74) is 2.46. The molecule has 4 rings (SSSR count). The zero-order valence-electron chi connectivity index (χ0n) is 15.5. The lowest BCUT2D eigenvalue weighted by Gasteiger charge is -2.13. The van der Waals surface area contributed by atoms with E-state index in [1.807, 2.05) is 66.7 Å². The molecule has 3 aromatic rings. The van der Waals surface area contributed by atoms with Crippen molar-refractivity contribution in [2.45, 2.75) is 6.61 Å². The van der Waals surface area contributed by atoms with E-state index in [1.165, 1.54) is 11.8 Å². The Morgan fingerprint density at radius 2 is 1.80 bits per heavy atom. The van der Waals surface area contributed by atoms with Gasteiger partial charge in [-0.1, -0.05) is 83.6 Å². The minimum atomic E-state index is -0.129. The molecule has 1 fully saturated rings. The molecule has 0 spiro atoms. The summed E-state index contributed by atoms with van der Waals surface area (Å²) >= 11 is 18.8. The molecule has 0 atom stereocenters. The van der Waals surface area contributed by atoms with Crippen LogP contribution in [0.2, 0.25) is 10.0 Å². The number of hydrogen-bond donors (Lipinski definition) is 0. The number of carbonyl (C=O) groups is 1. The van der Waals surface area contributed by atoms with Crippen LogP contribution in [0, 0.1) is 0 Å². The van der Waals surface area contributed by atoms with E-state index in [9.17, 15) is 4.79 Å². The quantitative estimate of drug-likeness (QED) is 0.296. The van der Waals surface area contributed by atoms with E-state index in [-0.39, 0.29) is 5.91 Å². The number of para-hydroxylation sites is 1. The first kappa shape index (κ1) is 20.9. The van der Waals surface area contributed by atoms with Gasteiger partial charge in [0.2, 0.25) is 0 Å². The van der Waals surface area contributed by atoms with Crippen molar-refractivity contribution >= 4 is 69.2 Å². The van der Waals surface area contributed by atoms with Gasteiger partial charge in [0.15, 0.2) is 4.32 Å². The van der Waals surface area contributed by atoms with E-state index >= 15 is 0 Å². The molecule has 0 unspecified atom stereocenters. The second-order valence-electron chi connectivity index (χ2n) is 6.45. The van der Waals surface area contributed by atoms with E-state index in [1.54, 1.807) is 17.0 Å². The molecule has 1 saturated heterocycles. The third-order valence-electron chi connectivity index (χ3n) is 4.37. The second kappa shape index (κ2) is 9.23. The standard InChI is InChI=1S/C23H15Cl2NO2S2/c24-17-10-9-16(20(25)13-17)14-28-19-8-4-5-15(11-19)12-21-22(27)26(23(29)30-21)18-6-2-1-3-7-18/h1-13H,14H2/b21-12-. The number of benzene rings is 3. The van der Waals surface area contributed by atoms with Crippen molar-refractivity contribution < 1.29 is 9.53 Å². The number of hydrogen-bond acceptors (Lipinski definition) is 4. The van der Waals surface area contributed by atoms with Gasteiger partial charge in [0.05, 0.1) is 10.6 Å². The summed E-state index contributed by atoms with van der Waals surface area (Å²) in [6.07, 6.45) is 1.82. The molecule has 0 N–H and O–H groups in total. The maximum Gasteiger partial charge on any atom is 0.270 e. The predicted molar refractivity (Wildman–Crippen MR) is 129 cm³/mol. The van der Waals surface area contributed by atoms with E-state index in [4.69, 9.17) is 40.2 Å². The fourth-order valence-corrected chi connectivity index (χ4v) is 4.67. The highest BCUT2D eigenvalue weighted by Crippen LogP contribution is 2.36. The highest BCUT2D eigenvalue weighted by molar-refractivity contribution is 8.27. The number of carbonyl (C=O) groups excluding carboxylic acids is 1. The van der Waals surface area contributed by atoms with Crippen LogP contribution >= 0.6 is 47.2 Å². The zero-order chi connectivity index (χ0) is 21.1. The van der Waals surface area contributed by atoms with Crippen LogP contribution in [0.1, 0.15) is 11.1 Å². The monoisotopic (exact) mass is 471 g/mol.